The summed E-state index contributed by atoms with van der Waals surface area (Å²) < 4.78 is 5.55. The molecular weight excluding hydrogens is 216 g/mol. The molecule has 2 aliphatic rings. The number of fused-ring (bicyclic) bond motifs is 1. The fourth-order valence-electron chi connectivity index (χ4n) is 2.34. The zero-order valence-electron chi connectivity index (χ0n) is 9.91. The maximum atomic E-state index is 5.55. The van der Waals surface area contributed by atoms with Gasteiger partial charge in [-0.2, -0.15) is 4.98 Å². The van der Waals surface area contributed by atoms with Gasteiger partial charge in [-0.25, -0.2) is 4.98 Å². The second kappa shape index (κ2) is 4.87. The Hall–Kier alpha value is -1.36. The number of aryl methyl sites for hydroxylation is 1. The van der Waals surface area contributed by atoms with Gasteiger partial charge in [-0.1, -0.05) is 0 Å². The van der Waals surface area contributed by atoms with Crippen LogP contribution in [0.4, 0.5) is 5.95 Å². The Morgan fingerprint density at radius 1 is 1.35 bits per heavy atom. The van der Waals surface area contributed by atoms with Crippen molar-refractivity contribution in [1.82, 2.24) is 15.3 Å². The molecule has 0 amide bonds. The van der Waals surface area contributed by atoms with E-state index in [1.54, 1.807) is 0 Å². The van der Waals surface area contributed by atoms with Crippen molar-refractivity contribution in [2.75, 3.05) is 25.0 Å². The quantitative estimate of drug-likeness (QED) is 0.798. The highest BCUT2D eigenvalue weighted by atomic mass is 16.5. The zero-order chi connectivity index (χ0) is 11.5. The molecule has 1 fully saturated rings. The normalized spacial score (nSPS) is 20.5. The highest BCUT2D eigenvalue weighted by molar-refractivity contribution is 5.35. The van der Waals surface area contributed by atoms with Gasteiger partial charge in [-0.3, -0.25) is 0 Å². The smallest absolute Gasteiger partial charge is 0.226 e. The third-order valence-corrected chi connectivity index (χ3v) is 3.33. The molecule has 0 unspecified atom stereocenters. The average molecular weight is 234 g/mol. The molecule has 92 valence electrons. The lowest BCUT2D eigenvalue weighted by molar-refractivity contribution is 0.275. The van der Waals surface area contributed by atoms with Crippen molar-refractivity contribution in [2.24, 2.45) is 0 Å². The fraction of sp³-hybridized carbons (Fsp3) is 0.667. The molecule has 0 aliphatic carbocycles. The largest absolute Gasteiger partial charge is 0.477 e. The second-order valence-electron chi connectivity index (χ2n) is 4.64. The summed E-state index contributed by atoms with van der Waals surface area (Å²) in [6.45, 7) is 2.91. The van der Waals surface area contributed by atoms with Crippen molar-refractivity contribution >= 4 is 5.95 Å². The standard InChI is InChI=1S/C12H18N4O/c1-2-9-8-14-12(16-11(9)17-7-1)15-10-3-5-13-6-4-10/h8,10,13H,1-7H2,(H,14,15,16). The van der Waals surface area contributed by atoms with Gasteiger partial charge in [0, 0.05) is 17.8 Å². The van der Waals surface area contributed by atoms with Gasteiger partial charge in [0.05, 0.1) is 6.61 Å². The molecule has 1 aromatic heterocycles. The van der Waals surface area contributed by atoms with E-state index in [2.05, 4.69) is 20.6 Å². The predicted molar refractivity (Wildman–Crippen MR) is 65.4 cm³/mol. The van der Waals surface area contributed by atoms with Gasteiger partial charge in [0.2, 0.25) is 11.8 Å². The van der Waals surface area contributed by atoms with Crippen LogP contribution in [-0.2, 0) is 6.42 Å². The number of hydrogen-bond acceptors (Lipinski definition) is 5. The molecular formula is C12H18N4O. The van der Waals surface area contributed by atoms with E-state index in [0.717, 1.165) is 56.8 Å². The summed E-state index contributed by atoms with van der Waals surface area (Å²) in [5, 5.41) is 6.73. The first-order valence-corrected chi connectivity index (χ1v) is 6.38. The van der Waals surface area contributed by atoms with Crippen molar-refractivity contribution in [2.45, 2.75) is 31.7 Å². The van der Waals surface area contributed by atoms with Gasteiger partial charge in [-0.15, -0.1) is 0 Å². The average Bonchev–Trinajstić information content (AvgIpc) is 2.40. The van der Waals surface area contributed by atoms with Crippen LogP contribution in [0.3, 0.4) is 0 Å². The Labute approximate surface area is 101 Å². The van der Waals surface area contributed by atoms with Crippen LogP contribution in [-0.4, -0.2) is 35.7 Å². The Kier molecular flexibility index (Phi) is 3.09. The van der Waals surface area contributed by atoms with Gasteiger partial charge in [0.25, 0.3) is 0 Å². The van der Waals surface area contributed by atoms with Crippen LogP contribution in [0, 0.1) is 0 Å². The van der Waals surface area contributed by atoms with E-state index in [1.165, 1.54) is 0 Å². The molecule has 2 N–H and O–H groups in total. The molecule has 1 aromatic rings. The molecule has 0 aromatic carbocycles. The highest BCUT2D eigenvalue weighted by Crippen LogP contribution is 2.22. The van der Waals surface area contributed by atoms with Crippen LogP contribution < -0.4 is 15.4 Å². The van der Waals surface area contributed by atoms with E-state index in [-0.39, 0.29) is 0 Å². The molecule has 0 radical (unpaired) electrons. The van der Waals surface area contributed by atoms with E-state index >= 15 is 0 Å². The number of ether oxygens (including phenoxy) is 1. The number of anilines is 1. The minimum Gasteiger partial charge on any atom is -0.477 e. The van der Waals surface area contributed by atoms with E-state index in [0.29, 0.717) is 12.0 Å². The lowest BCUT2D eigenvalue weighted by Crippen LogP contribution is -2.35. The van der Waals surface area contributed by atoms with E-state index in [4.69, 9.17) is 4.74 Å². The van der Waals surface area contributed by atoms with E-state index in [1.807, 2.05) is 6.20 Å². The minimum atomic E-state index is 0.484. The molecule has 2 aliphatic heterocycles. The Morgan fingerprint density at radius 3 is 3.12 bits per heavy atom. The molecule has 3 heterocycles. The van der Waals surface area contributed by atoms with Gasteiger partial charge < -0.3 is 15.4 Å². The summed E-state index contributed by atoms with van der Waals surface area (Å²) in [6, 6.07) is 0.484. The zero-order valence-corrected chi connectivity index (χ0v) is 9.91. The van der Waals surface area contributed by atoms with Gasteiger partial charge >= 0.3 is 0 Å². The highest BCUT2D eigenvalue weighted by Gasteiger charge is 2.16. The summed E-state index contributed by atoms with van der Waals surface area (Å²) in [7, 11) is 0. The molecule has 5 heteroatoms. The molecule has 0 atom stereocenters. The summed E-state index contributed by atoms with van der Waals surface area (Å²) in [6.07, 6.45) is 6.24. The Morgan fingerprint density at radius 2 is 2.24 bits per heavy atom. The monoisotopic (exact) mass is 234 g/mol. The number of piperidine rings is 1. The first-order chi connectivity index (χ1) is 8.42. The fourth-order valence-corrected chi connectivity index (χ4v) is 2.34. The second-order valence-corrected chi connectivity index (χ2v) is 4.64. The Balaban J connectivity index is 1.70. The SMILES string of the molecule is c1nc(NC2CCNCC2)nc2c1CCCO2. The van der Waals surface area contributed by atoms with Crippen LogP contribution in [0.25, 0.3) is 0 Å². The summed E-state index contributed by atoms with van der Waals surface area (Å²) in [5.74, 6) is 1.47. The van der Waals surface area contributed by atoms with E-state index < -0.39 is 0 Å². The van der Waals surface area contributed by atoms with Crippen molar-refractivity contribution < 1.29 is 4.74 Å². The summed E-state index contributed by atoms with van der Waals surface area (Å²) in [5.41, 5.74) is 1.13. The molecule has 5 nitrogen and oxygen atoms in total. The van der Waals surface area contributed by atoms with Crippen LogP contribution in [0.5, 0.6) is 5.88 Å². The van der Waals surface area contributed by atoms with Gasteiger partial charge in [-0.05, 0) is 38.8 Å². The molecule has 0 saturated carbocycles. The van der Waals surface area contributed by atoms with Crippen LogP contribution in [0.2, 0.25) is 0 Å². The number of hydrogen-bond donors (Lipinski definition) is 2. The predicted octanol–water partition coefficient (Wildman–Crippen LogP) is 0.965. The lowest BCUT2D eigenvalue weighted by atomic mass is 10.1. The first kappa shape index (κ1) is 10.8. The molecule has 17 heavy (non-hydrogen) atoms. The summed E-state index contributed by atoms with van der Waals surface area (Å²) in [4.78, 5) is 8.81. The number of aromatic nitrogens is 2. The first-order valence-electron chi connectivity index (χ1n) is 6.38. The van der Waals surface area contributed by atoms with Crippen molar-refractivity contribution in [3.8, 4) is 5.88 Å². The van der Waals surface area contributed by atoms with Gasteiger partial charge in [0.1, 0.15) is 0 Å². The third kappa shape index (κ3) is 2.49. The van der Waals surface area contributed by atoms with Crippen molar-refractivity contribution in [3.05, 3.63) is 11.8 Å². The number of nitrogens with one attached hydrogen (secondary N) is 2. The summed E-state index contributed by atoms with van der Waals surface area (Å²) >= 11 is 0. The maximum Gasteiger partial charge on any atom is 0.226 e. The topological polar surface area (TPSA) is 59.1 Å². The minimum absolute atomic E-state index is 0.484. The van der Waals surface area contributed by atoms with Crippen molar-refractivity contribution in [3.63, 3.8) is 0 Å². The maximum absolute atomic E-state index is 5.55. The van der Waals surface area contributed by atoms with Crippen molar-refractivity contribution in [1.29, 1.82) is 0 Å². The number of rotatable bonds is 2. The molecule has 3 rings (SSSR count). The van der Waals surface area contributed by atoms with E-state index in [9.17, 15) is 0 Å². The molecule has 0 bridgehead atoms. The Bertz CT molecular complexity index is 390. The van der Waals surface area contributed by atoms with Crippen LogP contribution in [0.1, 0.15) is 24.8 Å². The van der Waals surface area contributed by atoms with Gasteiger partial charge in [0.15, 0.2) is 0 Å². The molecule has 0 spiro atoms. The van der Waals surface area contributed by atoms with Crippen LogP contribution in [0.15, 0.2) is 6.20 Å². The third-order valence-electron chi connectivity index (χ3n) is 3.33. The lowest BCUT2D eigenvalue weighted by Gasteiger charge is -2.24. The molecule has 1 saturated heterocycles. The van der Waals surface area contributed by atoms with Crippen LogP contribution >= 0.6 is 0 Å². The number of nitrogens with zero attached hydrogens (tertiary/aromatic N) is 2.